The van der Waals surface area contributed by atoms with Crippen molar-refractivity contribution in [2.45, 2.75) is 25.7 Å². The summed E-state index contributed by atoms with van der Waals surface area (Å²) >= 11 is 0. The molecule has 1 aliphatic carbocycles. The van der Waals surface area contributed by atoms with Gasteiger partial charge in [-0.15, -0.1) is 0 Å². The number of nitrogens with two attached hydrogens (primary N) is 1. The molecule has 1 atom stereocenters. The number of carbonyl (C=O) groups is 2. The van der Waals surface area contributed by atoms with Crippen molar-refractivity contribution >= 4 is 17.5 Å². The fraction of sp³-hybridized carbons (Fsp3) is 0.333. The zero-order chi connectivity index (χ0) is 13.7. The first kappa shape index (κ1) is 13.3. The third-order valence-electron chi connectivity index (χ3n) is 3.22. The molecule has 19 heavy (non-hydrogen) atoms. The summed E-state index contributed by atoms with van der Waals surface area (Å²) < 4.78 is 0. The molecule has 0 fully saturated rings. The van der Waals surface area contributed by atoms with Crippen molar-refractivity contribution in [3.63, 3.8) is 0 Å². The van der Waals surface area contributed by atoms with Gasteiger partial charge in [0.1, 0.15) is 0 Å². The predicted octanol–water partition coefficient (Wildman–Crippen LogP) is 2.01. The van der Waals surface area contributed by atoms with E-state index >= 15 is 0 Å². The van der Waals surface area contributed by atoms with Crippen LogP contribution in [0.15, 0.2) is 36.4 Å². The second-order valence-electron chi connectivity index (χ2n) is 4.82. The van der Waals surface area contributed by atoms with E-state index in [4.69, 9.17) is 5.73 Å². The van der Waals surface area contributed by atoms with Gasteiger partial charge < -0.3 is 11.1 Å². The van der Waals surface area contributed by atoms with Gasteiger partial charge in [0.2, 0.25) is 11.8 Å². The molecule has 4 heteroatoms. The molecule has 0 aromatic heterocycles. The minimum absolute atomic E-state index is 0.0199. The first-order valence-electron chi connectivity index (χ1n) is 6.48. The zero-order valence-corrected chi connectivity index (χ0v) is 10.8. The summed E-state index contributed by atoms with van der Waals surface area (Å²) in [5, 5.41) is 2.86. The Kier molecular flexibility index (Phi) is 4.34. The number of amides is 2. The summed E-state index contributed by atoms with van der Waals surface area (Å²) in [5.74, 6) is -0.0859. The van der Waals surface area contributed by atoms with Crippen LogP contribution in [-0.2, 0) is 16.0 Å². The Morgan fingerprint density at radius 2 is 2.11 bits per heavy atom. The summed E-state index contributed by atoms with van der Waals surface area (Å²) in [4.78, 5) is 22.9. The third-order valence-corrected chi connectivity index (χ3v) is 3.22. The highest BCUT2D eigenvalue weighted by Crippen LogP contribution is 2.22. The number of rotatable bonds is 5. The molecular formula is C15H18N2O2. The lowest BCUT2D eigenvalue weighted by Crippen LogP contribution is -2.18. The molecule has 0 unspecified atom stereocenters. The highest BCUT2D eigenvalue weighted by molar-refractivity contribution is 5.92. The number of nitrogens with one attached hydrogen (secondary N) is 1. The van der Waals surface area contributed by atoms with E-state index in [0.29, 0.717) is 18.0 Å². The second kappa shape index (κ2) is 6.18. The summed E-state index contributed by atoms with van der Waals surface area (Å²) in [7, 11) is 0. The third kappa shape index (κ3) is 3.95. The van der Waals surface area contributed by atoms with Crippen molar-refractivity contribution in [3.05, 3.63) is 42.0 Å². The van der Waals surface area contributed by atoms with Crippen molar-refractivity contribution < 1.29 is 9.59 Å². The van der Waals surface area contributed by atoms with Gasteiger partial charge in [0.05, 0.1) is 6.42 Å². The molecule has 0 radical (unpaired) electrons. The van der Waals surface area contributed by atoms with Crippen LogP contribution in [0.25, 0.3) is 0 Å². The lowest BCUT2D eigenvalue weighted by Gasteiger charge is -2.11. The molecule has 1 aromatic rings. The minimum Gasteiger partial charge on any atom is -0.369 e. The van der Waals surface area contributed by atoms with Crippen molar-refractivity contribution in [2.75, 3.05) is 5.32 Å². The molecule has 2 rings (SSSR count). The average molecular weight is 258 g/mol. The normalized spacial score (nSPS) is 17.4. The van der Waals surface area contributed by atoms with E-state index in [-0.39, 0.29) is 12.3 Å². The van der Waals surface area contributed by atoms with Crippen LogP contribution in [0, 0.1) is 5.92 Å². The van der Waals surface area contributed by atoms with Crippen LogP contribution in [0.2, 0.25) is 0 Å². The molecule has 0 bridgehead atoms. The number of hydrogen-bond donors (Lipinski definition) is 2. The lowest BCUT2D eigenvalue weighted by atomic mass is 10.0. The van der Waals surface area contributed by atoms with Gasteiger partial charge >= 0.3 is 0 Å². The quantitative estimate of drug-likeness (QED) is 0.793. The molecule has 1 aliphatic rings. The van der Waals surface area contributed by atoms with E-state index in [1.807, 2.05) is 12.1 Å². The van der Waals surface area contributed by atoms with E-state index in [2.05, 4.69) is 17.5 Å². The molecule has 0 saturated heterocycles. The topological polar surface area (TPSA) is 72.2 Å². The van der Waals surface area contributed by atoms with Crippen molar-refractivity contribution in [1.29, 1.82) is 0 Å². The van der Waals surface area contributed by atoms with E-state index in [0.717, 1.165) is 18.4 Å². The molecule has 0 spiro atoms. The first-order chi connectivity index (χ1) is 9.15. The zero-order valence-electron chi connectivity index (χ0n) is 10.8. The molecule has 0 saturated carbocycles. The van der Waals surface area contributed by atoms with Gasteiger partial charge in [-0.1, -0.05) is 30.4 Å². The van der Waals surface area contributed by atoms with Crippen LogP contribution < -0.4 is 11.1 Å². The molecule has 0 heterocycles. The van der Waals surface area contributed by atoms with Crippen LogP contribution in [-0.4, -0.2) is 11.8 Å². The first-order valence-corrected chi connectivity index (χ1v) is 6.48. The Labute approximate surface area is 112 Å². The number of carbonyl (C=O) groups excluding carboxylic acids is 2. The number of primary amides is 1. The van der Waals surface area contributed by atoms with Crippen LogP contribution in [0.5, 0.6) is 0 Å². The van der Waals surface area contributed by atoms with Crippen LogP contribution in [0.4, 0.5) is 5.69 Å². The highest BCUT2D eigenvalue weighted by Gasteiger charge is 2.15. The van der Waals surface area contributed by atoms with Gasteiger partial charge in [0, 0.05) is 12.1 Å². The summed E-state index contributed by atoms with van der Waals surface area (Å²) in [5.41, 5.74) is 6.62. The number of para-hydroxylation sites is 1. The standard InChI is InChI=1S/C15H18N2O2/c16-14(18)10-12-7-3-4-8-13(12)17-15(19)9-11-5-1-2-6-11/h1,3-5,7-8,11H,2,6,9-10H2,(H2,16,18)(H,17,19)/t11-/m1/s1. The van der Waals surface area contributed by atoms with Gasteiger partial charge in [-0.3, -0.25) is 9.59 Å². The van der Waals surface area contributed by atoms with E-state index in [9.17, 15) is 9.59 Å². The maximum atomic E-state index is 11.9. The SMILES string of the molecule is NC(=O)Cc1ccccc1NC(=O)C[C@@H]1C=CCC1. The molecular weight excluding hydrogens is 240 g/mol. The summed E-state index contributed by atoms with van der Waals surface area (Å²) in [6, 6.07) is 7.25. The van der Waals surface area contributed by atoms with E-state index in [1.54, 1.807) is 12.1 Å². The monoisotopic (exact) mass is 258 g/mol. The van der Waals surface area contributed by atoms with Crippen LogP contribution in [0.1, 0.15) is 24.8 Å². The summed E-state index contributed by atoms with van der Waals surface area (Å²) in [6.45, 7) is 0. The molecule has 0 aliphatic heterocycles. The molecule has 1 aromatic carbocycles. The molecule has 3 N–H and O–H groups in total. The number of anilines is 1. The van der Waals surface area contributed by atoms with Crippen molar-refractivity contribution in [1.82, 2.24) is 0 Å². The van der Waals surface area contributed by atoms with Gasteiger partial charge in [0.25, 0.3) is 0 Å². The predicted molar refractivity (Wildman–Crippen MR) is 74.5 cm³/mol. The Bertz CT molecular complexity index is 509. The maximum absolute atomic E-state index is 11.9. The Hall–Kier alpha value is -2.10. The Morgan fingerprint density at radius 1 is 1.32 bits per heavy atom. The van der Waals surface area contributed by atoms with Gasteiger partial charge in [-0.05, 0) is 30.4 Å². The number of hydrogen-bond acceptors (Lipinski definition) is 2. The highest BCUT2D eigenvalue weighted by atomic mass is 16.2. The molecule has 4 nitrogen and oxygen atoms in total. The fourth-order valence-electron chi connectivity index (χ4n) is 2.29. The van der Waals surface area contributed by atoms with E-state index in [1.165, 1.54) is 0 Å². The smallest absolute Gasteiger partial charge is 0.224 e. The minimum atomic E-state index is -0.402. The van der Waals surface area contributed by atoms with Gasteiger partial charge in [-0.2, -0.15) is 0 Å². The van der Waals surface area contributed by atoms with Crippen molar-refractivity contribution in [3.8, 4) is 0 Å². The molecule has 100 valence electrons. The van der Waals surface area contributed by atoms with Crippen molar-refractivity contribution in [2.24, 2.45) is 11.7 Å². The number of benzene rings is 1. The Balaban J connectivity index is 1.99. The molecule has 2 amide bonds. The average Bonchev–Trinajstić information content (AvgIpc) is 2.83. The maximum Gasteiger partial charge on any atom is 0.224 e. The largest absolute Gasteiger partial charge is 0.369 e. The second-order valence-corrected chi connectivity index (χ2v) is 4.82. The number of allylic oxidation sites excluding steroid dienone is 2. The van der Waals surface area contributed by atoms with Crippen LogP contribution >= 0.6 is 0 Å². The lowest BCUT2D eigenvalue weighted by molar-refractivity contribution is -0.118. The van der Waals surface area contributed by atoms with Crippen LogP contribution in [0.3, 0.4) is 0 Å². The van der Waals surface area contributed by atoms with E-state index < -0.39 is 5.91 Å². The van der Waals surface area contributed by atoms with Gasteiger partial charge in [0.15, 0.2) is 0 Å². The fourth-order valence-corrected chi connectivity index (χ4v) is 2.29. The summed E-state index contributed by atoms with van der Waals surface area (Å²) in [6.07, 6.45) is 6.92. The Morgan fingerprint density at radius 3 is 2.79 bits per heavy atom. The van der Waals surface area contributed by atoms with Gasteiger partial charge in [-0.25, -0.2) is 0 Å².